The molecular formula is C25H27NO6. The lowest BCUT2D eigenvalue weighted by Gasteiger charge is -2.12. The first-order valence-electron chi connectivity index (χ1n) is 10.2. The van der Waals surface area contributed by atoms with Crippen LogP contribution in [0.4, 0.5) is 0 Å². The Labute approximate surface area is 187 Å². The summed E-state index contributed by atoms with van der Waals surface area (Å²) in [5, 5.41) is 0. The molecule has 0 radical (unpaired) electrons. The molecule has 0 aliphatic rings. The number of ketones is 1. The van der Waals surface area contributed by atoms with E-state index in [1.807, 2.05) is 49.6 Å². The largest absolute Gasteiger partial charge is 0.494 e. The van der Waals surface area contributed by atoms with Gasteiger partial charge in [0.15, 0.2) is 18.1 Å². The number of methoxy groups -OCH3 is 2. The lowest BCUT2D eigenvalue weighted by molar-refractivity contribution is 0.0471. The summed E-state index contributed by atoms with van der Waals surface area (Å²) in [6, 6.07) is 14.4. The SMILES string of the molecule is CCOc1ccc(-n2c(C)cc(C(=O)COC(=O)c3cccc(OC)c3OC)c2C)cc1. The van der Waals surface area contributed by atoms with Gasteiger partial charge in [0.2, 0.25) is 5.78 Å². The molecule has 7 heteroatoms. The quantitative estimate of drug-likeness (QED) is 0.361. The fraction of sp³-hybridized carbons (Fsp3) is 0.280. The molecule has 0 atom stereocenters. The average molecular weight is 437 g/mol. The molecule has 7 nitrogen and oxygen atoms in total. The molecule has 0 bridgehead atoms. The average Bonchev–Trinajstić information content (AvgIpc) is 3.11. The van der Waals surface area contributed by atoms with Crippen molar-refractivity contribution in [2.75, 3.05) is 27.4 Å². The van der Waals surface area contributed by atoms with Crippen molar-refractivity contribution in [3.8, 4) is 22.9 Å². The minimum absolute atomic E-state index is 0.194. The van der Waals surface area contributed by atoms with Crippen LogP contribution in [0, 0.1) is 13.8 Å². The number of para-hydroxylation sites is 1. The van der Waals surface area contributed by atoms with E-state index in [2.05, 4.69) is 0 Å². The maximum Gasteiger partial charge on any atom is 0.342 e. The number of hydrogen-bond donors (Lipinski definition) is 0. The predicted octanol–water partition coefficient (Wildman–Crippen LogP) is 4.55. The second-order valence-corrected chi connectivity index (χ2v) is 7.09. The molecule has 3 aromatic rings. The molecule has 0 fully saturated rings. The van der Waals surface area contributed by atoms with Crippen molar-refractivity contribution in [3.05, 3.63) is 71.0 Å². The van der Waals surface area contributed by atoms with Crippen molar-refractivity contribution in [1.29, 1.82) is 0 Å². The highest BCUT2D eigenvalue weighted by Gasteiger charge is 2.21. The van der Waals surface area contributed by atoms with Gasteiger partial charge in [0.1, 0.15) is 11.3 Å². The number of ether oxygens (including phenoxy) is 4. The van der Waals surface area contributed by atoms with Crippen molar-refractivity contribution < 1.29 is 28.5 Å². The van der Waals surface area contributed by atoms with E-state index in [-0.39, 0.29) is 23.7 Å². The summed E-state index contributed by atoms with van der Waals surface area (Å²) in [5.74, 6) is 0.517. The molecule has 168 valence electrons. The van der Waals surface area contributed by atoms with Crippen LogP contribution < -0.4 is 14.2 Å². The molecule has 3 rings (SSSR count). The number of carbonyl (C=O) groups excluding carboxylic acids is 2. The van der Waals surface area contributed by atoms with Gasteiger partial charge in [-0.05, 0) is 63.2 Å². The Morgan fingerprint density at radius 2 is 1.66 bits per heavy atom. The Kier molecular flexibility index (Phi) is 7.20. The van der Waals surface area contributed by atoms with Crippen LogP contribution in [0.5, 0.6) is 17.2 Å². The van der Waals surface area contributed by atoms with E-state index in [1.165, 1.54) is 14.2 Å². The van der Waals surface area contributed by atoms with Gasteiger partial charge in [-0.3, -0.25) is 4.79 Å². The first-order chi connectivity index (χ1) is 15.4. The number of aromatic nitrogens is 1. The lowest BCUT2D eigenvalue weighted by Crippen LogP contribution is -2.15. The Balaban J connectivity index is 1.77. The molecule has 0 saturated carbocycles. The fourth-order valence-electron chi connectivity index (χ4n) is 3.63. The topological polar surface area (TPSA) is 76.0 Å². The van der Waals surface area contributed by atoms with Gasteiger partial charge in [-0.2, -0.15) is 0 Å². The lowest BCUT2D eigenvalue weighted by atomic mass is 10.1. The van der Waals surface area contributed by atoms with Crippen LogP contribution in [0.15, 0.2) is 48.5 Å². The number of Topliss-reactive ketones (excluding diaryl/α,β-unsaturated/α-hetero) is 1. The van der Waals surface area contributed by atoms with Gasteiger partial charge in [0, 0.05) is 22.6 Å². The summed E-state index contributed by atoms with van der Waals surface area (Å²) in [6.07, 6.45) is 0. The van der Waals surface area contributed by atoms with Gasteiger partial charge in [0.25, 0.3) is 0 Å². The summed E-state index contributed by atoms with van der Waals surface area (Å²) in [7, 11) is 2.92. The smallest absolute Gasteiger partial charge is 0.342 e. The number of benzene rings is 2. The maximum absolute atomic E-state index is 12.8. The van der Waals surface area contributed by atoms with Crippen molar-refractivity contribution in [2.24, 2.45) is 0 Å². The molecule has 0 saturated heterocycles. The number of rotatable bonds is 9. The summed E-state index contributed by atoms with van der Waals surface area (Å²) in [6.45, 7) is 5.94. The highest BCUT2D eigenvalue weighted by molar-refractivity contribution is 6.01. The highest BCUT2D eigenvalue weighted by atomic mass is 16.5. The van der Waals surface area contributed by atoms with E-state index < -0.39 is 5.97 Å². The molecule has 0 spiro atoms. The normalized spacial score (nSPS) is 10.5. The molecule has 0 unspecified atom stereocenters. The van der Waals surface area contributed by atoms with E-state index >= 15 is 0 Å². The molecule has 0 aliphatic heterocycles. The zero-order chi connectivity index (χ0) is 23.3. The first-order valence-corrected chi connectivity index (χ1v) is 10.2. The van der Waals surface area contributed by atoms with Crippen LogP contribution in [0.1, 0.15) is 39.0 Å². The molecule has 1 heterocycles. The first kappa shape index (κ1) is 22.9. The number of carbonyl (C=O) groups is 2. The van der Waals surface area contributed by atoms with Crippen molar-refractivity contribution in [2.45, 2.75) is 20.8 Å². The van der Waals surface area contributed by atoms with Crippen LogP contribution in [-0.2, 0) is 4.74 Å². The Bertz CT molecular complexity index is 1110. The molecular weight excluding hydrogens is 410 g/mol. The summed E-state index contributed by atoms with van der Waals surface area (Å²) in [4.78, 5) is 25.4. The fourth-order valence-corrected chi connectivity index (χ4v) is 3.63. The monoisotopic (exact) mass is 437 g/mol. The molecule has 0 aliphatic carbocycles. The minimum Gasteiger partial charge on any atom is -0.494 e. The molecule has 2 aromatic carbocycles. The maximum atomic E-state index is 12.8. The minimum atomic E-state index is -0.658. The van der Waals surface area contributed by atoms with Crippen LogP contribution in [-0.4, -0.2) is 43.8 Å². The molecule has 1 aromatic heterocycles. The molecule has 0 amide bonds. The Hall–Kier alpha value is -3.74. The van der Waals surface area contributed by atoms with Gasteiger partial charge < -0.3 is 23.5 Å². The van der Waals surface area contributed by atoms with Gasteiger partial charge in [0.05, 0.1) is 20.8 Å². The number of hydrogen-bond acceptors (Lipinski definition) is 6. The third-order valence-electron chi connectivity index (χ3n) is 5.09. The number of nitrogens with zero attached hydrogens (tertiary/aromatic N) is 1. The third-order valence-corrected chi connectivity index (χ3v) is 5.09. The molecule has 32 heavy (non-hydrogen) atoms. The molecule has 0 N–H and O–H groups in total. The zero-order valence-electron chi connectivity index (χ0n) is 18.9. The number of aryl methyl sites for hydroxylation is 1. The van der Waals surface area contributed by atoms with Gasteiger partial charge >= 0.3 is 5.97 Å². The van der Waals surface area contributed by atoms with Crippen LogP contribution in [0.25, 0.3) is 5.69 Å². The predicted molar refractivity (Wildman–Crippen MR) is 121 cm³/mol. The highest BCUT2D eigenvalue weighted by Crippen LogP contribution is 2.31. The van der Waals surface area contributed by atoms with E-state index in [0.29, 0.717) is 17.9 Å². The van der Waals surface area contributed by atoms with Crippen molar-refractivity contribution in [3.63, 3.8) is 0 Å². The summed E-state index contributed by atoms with van der Waals surface area (Å²) in [5.41, 5.74) is 3.28. The van der Waals surface area contributed by atoms with Gasteiger partial charge in [-0.25, -0.2) is 4.79 Å². The second-order valence-electron chi connectivity index (χ2n) is 7.09. The number of esters is 1. The third kappa shape index (κ3) is 4.61. The van der Waals surface area contributed by atoms with Crippen LogP contribution >= 0.6 is 0 Å². The zero-order valence-corrected chi connectivity index (χ0v) is 18.9. The standard InChI is InChI=1S/C25H27NO6/c1-6-31-19-12-10-18(11-13-19)26-16(2)14-21(17(26)3)22(27)15-32-25(28)20-8-7-9-23(29-4)24(20)30-5/h7-14H,6,15H2,1-5H3. The van der Waals surface area contributed by atoms with Crippen LogP contribution in [0.2, 0.25) is 0 Å². The van der Waals surface area contributed by atoms with E-state index in [9.17, 15) is 9.59 Å². The second kappa shape index (κ2) is 10.0. The summed E-state index contributed by atoms with van der Waals surface area (Å²) < 4.78 is 23.2. The Morgan fingerprint density at radius 3 is 2.28 bits per heavy atom. The van der Waals surface area contributed by atoms with E-state index in [4.69, 9.17) is 18.9 Å². The van der Waals surface area contributed by atoms with Gasteiger partial charge in [-0.1, -0.05) is 6.07 Å². The van der Waals surface area contributed by atoms with Crippen LogP contribution in [0.3, 0.4) is 0 Å². The Morgan fingerprint density at radius 1 is 0.938 bits per heavy atom. The van der Waals surface area contributed by atoms with Crippen molar-refractivity contribution in [1.82, 2.24) is 4.57 Å². The van der Waals surface area contributed by atoms with E-state index in [1.54, 1.807) is 24.3 Å². The summed E-state index contributed by atoms with van der Waals surface area (Å²) >= 11 is 0. The van der Waals surface area contributed by atoms with Gasteiger partial charge in [-0.15, -0.1) is 0 Å². The van der Waals surface area contributed by atoms with E-state index in [0.717, 1.165) is 22.8 Å². The van der Waals surface area contributed by atoms with Crippen molar-refractivity contribution >= 4 is 11.8 Å².